The minimum Gasteiger partial charge on any atom is -0.395 e. The third kappa shape index (κ3) is 5.60. The van der Waals surface area contributed by atoms with E-state index >= 15 is 0 Å². The standard InChI is InChI=1S/C27H19F3O3/c28-27(29,30)22-14-16-23(17-15-22)32-26(31)33-25-21(18-19-8-3-1-4-9-19)12-7-13-24(25)20-10-5-2-6-11-20/h1-17H,18H2. The van der Waals surface area contributed by atoms with E-state index in [9.17, 15) is 18.0 Å². The van der Waals surface area contributed by atoms with Crippen LogP contribution in [-0.2, 0) is 12.6 Å². The Morgan fingerprint density at radius 1 is 0.697 bits per heavy atom. The van der Waals surface area contributed by atoms with Crippen LogP contribution >= 0.6 is 0 Å². The molecule has 0 radical (unpaired) electrons. The van der Waals surface area contributed by atoms with Crippen LogP contribution in [0.2, 0.25) is 0 Å². The van der Waals surface area contributed by atoms with Gasteiger partial charge in [-0.15, -0.1) is 0 Å². The van der Waals surface area contributed by atoms with Crippen molar-refractivity contribution in [3.63, 3.8) is 0 Å². The fourth-order valence-electron chi connectivity index (χ4n) is 3.42. The third-order valence-corrected chi connectivity index (χ3v) is 4.99. The quantitative estimate of drug-likeness (QED) is 0.234. The normalized spacial score (nSPS) is 11.1. The van der Waals surface area contributed by atoms with Gasteiger partial charge >= 0.3 is 12.3 Å². The molecule has 0 saturated heterocycles. The first-order chi connectivity index (χ1) is 15.9. The molecule has 0 aliphatic heterocycles. The lowest BCUT2D eigenvalue weighted by Gasteiger charge is -2.15. The van der Waals surface area contributed by atoms with Gasteiger partial charge < -0.3 is 9.47 Å². The summed E-state index contributed by atoms with van der Waals surface area (Å²) < 4.78 is 49.1. The van der Waals surface area contributed by atoms with Gasteiger partial charge in [-0.05, 0) is 35.4 Å². The Hall–Kier alpha value is -4.06. The van der Waals surface area contributed by atoms with Crippen molar-refractivity contribution in [3.05, 3.63) is 120 Å². The monoisotopic (exact) mass is 448 g/mol. The fourth-order valence-corrected chi connectivity index (χ4v) is 3.42. The van der Waals surface area contributed by atoms with Crippen LogP contribution < -0.4 is 9.47 Å². The van der Waals surface area contributed by atoms with Crippen molar-refractivity contribution in [1.82, 2.24) is 0 Å². The highest BCUT2D eigenvalue weighted by atomic mass is 19.4. The molecule has 0 amide bonds. The van der Waals surface area contributed by atoms with E-state index in [4.69, 9.17) is 9.47 Å². The number of hydrogen-bond donors (Lipinski definition) is 0. The number of ether oxygens (including phenoxy) is 2. The Kier molecular flexibility index (Phi) is 6.45. The number of carbonyl (C=O) groups is 1. The van der Waals surface area contributed by atoms with E-state index in [1.807, 2.05) is 78.9 Å². The molecule has 4 aromatic rings. The number of hydrogen-bond acceptors (Lipinski definition) is 3. The van der Waals surface area contributed by atoms with E-state index in [2.05, 4.69) is 0 Å². The molecule has 166 valence electrons. The van der Waals surface area contributed by atoms with E-state index in [0.29, 0.717) is 17.7 Å². The van der Waals surface area contributed by atoms with Gasteiger partial charge in [-0.2, -0.15) is 13.2 Å². The second kappa shape index (κ2) is 9.61. The number of para-hydroxylation sites is 1. The molecular formula is C27H19F3O3. The van der Waals surface area contributed by atoms with E-state index < -0.39 is 17.9 Å². The van der Waals surface area contributed by atoms with Gasteiger partial charge in [-0.3, -0.25) is 0 Å². The molecule has 4 aromatic carbocycles. The van der Waals surface area contributed by atoms with Gasteiger partial charge in [0, 0.05) is 17.5 Å². The molecule has 0 unspecified atom stereocenters. The fraction of sp³-hybridized carbons (Fsp3) is 0.0741. The maximum atomic E-state index is 12.8. The molecule has 6 heteroatoms. The maximum absolute atomic E-state index is 12.8. The van der Waals surface area contributed by atoms with Gasteiger partial charge in [0.15, 0.2) is 0 Å². The predicted octanol–water partition coefficient (Wildman–Crippen LogP) is 7.54. The third-order valence-electron chi connectivity index (χ3n) is 4.99. The predicted molar refractivity (Wildman–Crippen MR) is 119 cm³/mol. The van der Waals surface area contributed by atoms with Gasteiger partial charge in [0.2, 0.25) is 0 Å². The molecule has 0 saturated carbocycles. The molecule has 0 fully saturated rings. The maximum Gasteiger partial charge on any atom is 0.519 e. The van der Waals surface area contributed by atoms with Crippen LogP contribution in [0.15, 0.2) is 103 Å². The van der Waals surface area contributed by atoms with Crippen LogP contribution in [0.3, 0.4) is 0 Å². The summed E-state index contributed by atoms with van der Waals surface area (Å²) >= 11 is 0. The Morgan fingerprint density at radius 3 is 1.97 bits per heavy atom. The minimum absolute atomic E-state index is 0.0465. The number of alkyl halides is 3. The zero-order chi connectivity index (χ0) is 23.3. The van der Waals surface area contributed by atoms with Gasteiger partial charge in [-0.25, -0.2) is 4.79 Å². The van der Waals surface area contributed by atoms with Crippen molar-refractivity contribution < 1.29 is 27.4 Å². The number of rotatable bonds is 5. The molecule has 0 spiro atoms. The summed E-state index contributed by atoms with van der Waals surface area (Å²) in [5.74, 6) is 0.291. The summed E-state index contributed by atoms with van der Waals surface area (Å²) in [5.41, 5.74) is 2.52. The van der Waals surface area contributed by atoms with Crippen LogP contribution in [0.1, 0.15) is 16.7 Å². The zero-order valence-electron chi connectivity index (χ0n) is 17.4. The van der Waals surface area contributed by atoms with Crippen LogP contribution in [0.5, 0.6) is 11.5 Å². The summed E-state index contributed by atoms with van der Waals surface area (Å²) in [5, 5.41) is 0. The lowest BCUT2D eigenvalue weighted by atomic mass is 9.97. The van der Waals surface area contributed by atoms with Crippen molar-refractivity contribution in [3.8, 4) is 22.6 Å². The van der Waals surface area contributed by atoms with Gasteiger partial charge in [0.05, 0.1) is 5.56 Å². The number of benzene rings is 4. The average molecular weight is 448 g/mol. The van der Waals surface area contributed by atoms with Crippen molar-refractivity contribution in [2.75, 3.05) is 0 Å². The zero-order valence-corrected chi connectivity index (χ0v) is 17.4. The Balaban J connectivity index is 1.62. The molecule has 3 nitrogen and oxygen atoms in total. The summed E-state index contributed by atoms with van der Waals surface area (Å²) in [6.07, 6.45) is -4.99. The molecule has 33 heavy (non-hydrogen) atoms. The van der Waals surface area contributed by atoms with Crippen LogP contribution in [0, 0.1) is 0 Å². The average Bonchev–Trinajstić information content (AvgIpc) is 2.81. The highest BCUT2D eigenvalue weighted by Gasteiger charge is 2.30. The molecular weight excluding hydrogens is 429 g/mol. The molecule has 0 bridgehead atoms. The summed E-state index contributed by atoms with van der Waals surface area (Å²) in [6, 6.07) is 28.6. The summed E-state index contributed by atoms with van der Waals surface area (Å²) in [7, 11) is 0. The molecule has 0 heterocycles. The van der Waals surface area contributed by atoms with E-state index in [-0.39, 0.29) is 5.75 Å². The molecule has 0 aromatic heterocycles. The van der Waals surface area contributed by atoms with Crippen molar-refractivity contribution in [2.45, 2.75) is 12.6 Å². The van der Waals surface area contributed by atoms with E-state index in [1.54, 1.807) is 0 Å². The van der Waals surface area contributed by atoms with E-state index in [0.717, 1.165) is 41.0 Å². The molecule has 0 atom stereocenters. The van der Waals surface area contributed by atoms with Crippen molar-refractivity contribution in [2.24, 2.45) is 0 Å². The van der Waals surface area contributed by atoms with Gasteiger partial charge in [-0.1, -0.05) is 78.9 Å². The van der Waals surface area contributed by atoms with Crippen LogP contribution in [0.25, 0.3) is 11.1 Å². The Morgan fingerprint density at radius 2 is 1.33 bits per heavy atom. The SMILES string of the molecule is O=C(Oc1ccc(C(F)(F)F)cc1)Oc1c(Cc2ccccc2)cccc1-c1ccccc1. The van der Waals surface area contributed by atoms with Crippen molar-refractivity contribution in [1.29, 1.82) is 0 Å². The first-order valence-corrected chi connectivity index (χ1v) is 10.2. The highest BCUT2D eigenvalue weighted by Crippen LogP contribution is 2.35. The lowest BCUT2D eigenvalue weighted by molar-refractivity contribution is -0.137. The van der Waals surface area contributed by atoms with Crippen molar-refractivity contribution >= 4 is 6.16 Å². The summed E-state index contributed by atoms with van der Waals surface area (Å²) in [4.78, 5) is 12.6. The smallest absolute Gasteiger partial charge is 0.395 e. The van der Waals surface area contributed by atoms with Crippen LogP contribution in [-0.4, -0.2) is 6.16 Å². The lowest BCUT2D eigenvalue weighted by Crippen LogP contribution is -2.15. The Bertz CT molecular complexity index is 1220. The molecule has 4 rings (SSSR count). The number of carbonyl (C=O) groups excluding carboxylic acids is 1. The first kappa shape index (κ1) is 22.1. The molecule has 0 aliphatic carbocycles. The topological polar surface area (TPSA) is 35.5 Å². The molecule has 0 aliphatic rings. The molecule has 0 N–H and O–H groups in total. The first-order valence-electron chi connectivity index (χ1n) is 10.2. The highest BCUT2D eigenvalue weighted by molar-refractivity contribution is 5.77. The second-order valence-corrected chi connectivity index (χ2v) is 7.30. The van der Waals surface area contributed by atoms with Crippen LogP contribution in [0.4, 0.5) is 18.0 Å². The van der Waals surface area contributed by atoms with Gasteiger partial charge in [0.25, 0.3) is 0 Å². The second-order valence-electron chi connectivity index (χ2n) is 7.30. The minimum atomic E-state index is -4.47. The largest absolute Gasteiger partial charge is 0.519 e. The number of halogens is 3. The Labute approximate surface area is 189 Å². The summed E-state index contributed by atoms with van der Waals surface area (Å²) in [6.45, 7) is 0. The van der Waals surface area contributed by atoms with Gasteiger partial charge in [0.1, 0.15) is 11.5 Å². The van der Waals surface area contributed by atoms with E-state index in [1.165, 1.54) is 0 Å².